The topological polar surface area (TPSA) is 108 Å². The maximum Gasteiger partial charge on any atom is 0.275 e. The van der Waals surface area contributed by atoms with E-state index in [9.17, 15) is 13.2 Å². The molecule has 1 unspecified atom stereocenters. The first-order valence-corrected chi connectivity index (χ1v) is 9.82. The molecule has 0 aliphatic heterocycles. The highest BCUT2D eigenvalue weighted by Gasteiger charge is 2.21. The Bertz CT molecular complexity index is 958. The lowest BCUT2D eigenvalue weighted by molar-refractivity contribution is -0.127. The number of carbonyl (C=O) groups is 1. The summed E-state index contributed by atoms with van der Waals surface area (Å²) in [6.07, 6.45) is -0.981. The Labute approximate surface area is 164 Å². The average Bonchev–Trinajstić information content (AvgIpc) is 2.60. The third-order valence-electron chi connectivity index (χ3n) is 3.16. The van der Waals surface area contributed by atoms with E-state index in [0.29, 0.717) is 15.8 Å². The molecule has 0 aromatic heterocycles. The first kappa shape index (κ1) is 20.2. The van der Waals surface area contributed by atoms with Gasteiger partial charge in [-0.05, 0) is 49.4 Å². The van der Waals surface area contributed by atoms with Crippen molar-refractivity contribution in [2.75, 3.05) is 0 Å². The molecule has 0 aliphatic rings. The Morgan fingerprint density at radius 2 is 1.92 bits per heavy atom. The molecule has 0 spiro atoms. The molecule has 0 saturated carbocycles. The minimum atomic E-state index is -4.04. The molecule has 0 bridgehead atoms. The summed E-state index contributed by atoms with van der Waals surface area (Å²) in [6.45, 7) is 1.45. The third kappa shape index (κ3) is 5.19. The molecule has 0 heterocycles. The highest BCUT2D eigenvalue weighted by Crippen LogP contribution is 2.24. The largest absolute Gasteiger partial charge is 0.481 e. The van der Waals surface area contributed by atoms with Crippen LogP contribution < -0.4 is 15.0 Å². The number of hydrogen-bond acceptors (Lipinski definition) is 5. The molecule has 2 aromatic carbocycles. The summed E-state index contributed by atoms with van der Waals surface area (Å²) < 4.78 is 30.5. The lowest BCUT2D eigenvalue weighted by Crippen LogP contribution is -2.47. The first-order chi connectivity index (χ1) is 12.2. The number of hydrogen-bond donors (Lipinski definition) is 2. The minimum absolute atomic E-state index is 0.00278. The number of ether oxygens (including phenoxy) is 1. The van der Waals surface area contributed by atoms with E-state index < -0.39 is 22.0 Å². The highest BCUT2D eigenvalue weighted by atomic mass is 79.9. The van der Waals surface area contributed by atoms with Crippen molar-refractivity contribution in [3.63, 3.8) is 0 Å². The number of amides is 1. The van der Waals surface area contributed by atoms with Gasteiger partial charge in [-0.25, -0.2) is 8.42 Å². The zero-order valence-corrected chi connectivity index (χ0v) is 16.5. The molecular formula is C16H13BrClN3O4S. The van der Waals surface area contributed by atoms with Crippen molar-refractivity contribution >= 4 is 43.5 Å². The molecule has 10 heteroatoms. The molecule has 0 saturated heterocycles. The Kier molecular flexibility index (Phi) is 6.61. The minimum Gasteiger partial charge on any atom is -0.481 e. The third-order valence-corrected chi connectivity index (χ3v) is 5.38. The quantitative estimate of drug-likeness (QED) is 0.647. The van der Waals surface area contributed by atoms with E-state index in [1.54, 1.807) is 0 Å². The van der Waals surface area contributed by atoms with Crippen LogP contribution in [0, 0.1) is 11.3 Å². The number of benzene rings is 2. The van der Waals surface area contributed by atoms with Gasteiger partial charge in [-0.2, -0.15) is 5.26 Å². The van der Waals surface area contributed by atoms with Gasteiger partial charge in [0.1, 0.15) is 10.6 Å². The fourth-order valence-electron chi connectivity index (χ4n) is 1.83. The molecule has 0 fully saturated rings. The number of carbonyl (C=O) groups excluding carboxylic acids is 1. The van der Waals surface area contributed by atoms with Crippen molar-refractivity contribution in [2.45, 2.75) is 17.9 Å². The molecule has 26 heavy (non-hydrogen) atoms. The zero-order chi connectivity index (χ0) is 19.3. The van der Waals surface area contributed by atoms with Gasteiger partial charge in [-0.3, -0.25) is 10.2 Å². The fourth-order valence-corrected chi connectivity index (χ4v) is 3.72. The highest BCUT2D eigenvalue weighted by molar-refractivity contribution is 9.10. The Balaban J connectivity index is 1.99. The standard InChI is InChI=1S/C16H13BrClN3O4S/c1-10(25-13-5-2-11(9-19)3-6-13)16(22)20-21-26(23,24)15-7-4-12(17)8-14(15)18/h2-8,10,21H,1H3,(H,20,22). The molecule has 2 aromatic rings. The van der Waals surface area contributed by atoms with Crippen LogP contribution in [0.5, 0.6) is 5.75 Å². The van der Waals surface area contributed by atoms with Crippen LogP contribution in [0.15, 0.2) is 51.8 Å². The van der Waals surface area contributed by atoms with E-state index in [-0.39, 0.29) is 9.92 Å². The van der Waals surface area contributed by atoms with Crippen LogP contribution in [0.2, 0.25) is 5.02 Å². The van der Waals surface area contributed by atoms with Crippen LogP contribution in [0.3, 0.4) is 0 Å². The summed E-state index contributed by atoms with van der Waals surface area (Å²) in [5.41, 5.74) is 2.53. The molecule has 136 valence electrons. The number of rotatable bonds is 6. The van der Waals surface area contributed by atoms with E-state index in [0.717, 1.165) is 0 Å². The smallest absolute Gasteiger partial charge is 0.275 e. The Morgan fingerprint density at radius 1 is 1.27 bits per heavy atom. The molecular weight excluding hydrogens is 446 g/mol. The van der Waals surface area contributed by atoms with Gasteiger partial charge in [-0.1, -0.05) is 27.5 Å². The zero-order valence-electron chi connectivity index (χ0n) is 13.4. The Morgan fingerprint density at radius 3 is 2.50 bits per heavy atom. The number of halogens is 2. The molecule has 7 nitrogen and oxygen atoms in total. The molecule has 2 rings (SSSR count). The van der Waals surface area contributed by atoms with Gasteiger partial charge >= 0.3 is 0 Å². The van der Waals surface area contributed by atoms with Crippen LogP contribution in [-0.2, 0) is 14.8 Å². The van der Waals surface area contributed by atoms with Crippen LogP contribution in [0.25, 0.3) is 0 Å². The van der Waals surface area contributed by atoms with E-state index in [1.165, 1.54) is 49.4 Å². The van der Waals surface area contributed by atoms with E-state index in [2.05, 4.69) is 21.4 Å². The number of hydrazine groups is 1. The van der Waals surface area contributed by atoms with Crippen molar-refractivity contribution in [3.8, 4) is 11.8 Å². The maximum atomic E-state index is 12.2. The second-order valence-corrected chi connectivity index (χ2v) is 8.04. The summed E-state index contributed by atoms with van der Waals surface area (Å²) in [7, 11) is -4.04. The predicted octanol–water partition coefficient (Wildman–Crippen LogP) is 2.75. The number of sulfonamides is 1. The summed E-state index contributed by atoms with van der Waals surface area (Å²) in [4.78, 5) is 13.8. The second kappa shape index (κ2) is 8.51. The first-order valence-electron chi connectivity index (χ1n) is 7.16. The van der Waals surface area contributed by atoms with Crippen molar-refractivity contribution in [1.29, 1.82) is 5.26 Å². The molecule has 0 aliphatic carbocycles. The van der Waals surface area contributed by atoms with Gasteiger partial charge in [0.2, 0.25) is 0 Å². The number of nitrogens with zero attached hydrogens (tertiary/aromatic N) is 1. The SMILES string of the molecule is CC(Oc1ccc(C#N)cc1)C(=O)NNS(=O)(=O)c1ccc(Br)cc1Cl. The average molecular weight is 459 g/mol. The summed E-state index contributed by atoms with van der Waals surface area (Å²) in [5.74, 6) is -0.336. The molecule has 2 N–H and O–H groups in total. The number of nitrogens with one attached hydrogen (secondary N) is 2. The van der Waals surface area contributed by atoms with Gasteiger partial charge < -0.3 is 4.74 Å². The summed E-state index contributed by atoms with van der Waals surface area (Å²) in [6, 6.07) is 12.4. The van der Waals surface area contributed by atoms with Crippen molar-refractivity contribution in [3.05, 3.63) is 57.5 Å². The summed E-state index contributed by atoms with van der Waals surface area (Å²) in [5, 5.41) is 8.74. The Hall–Kier alpha value is -2.12. The second-order valence-electron chi connectivity index (χ2n) is 5.07. The molecule has 0 radical (unpaired) electrons. The van der Waals surface area contributed by atoms with E-state index in [4.69, 9.17) is 21.6 Å². The van der Waals surface area contributed by atoms with E-state index in [1.807, 2.05) is 10.9 Å². The molecule has 1 amide bonds. The van der Waals surface area contributed by atoms with Crippen molar-refractivity contribution in [2.24, 2.45) is 0 Å². The van der Waals surface area contributed by atoms with E-state index >= 15 is 0 Å². The van der Waals surface area contributed by atoms with Gasteiger partial charge in [0.05, 0.1) is 16.7 Å². The van der Waals surface area contributed by atoms with Crippen molar-refractivity contribution < 1.29 is 17.9 Å². The maximum absolute atomic E-state index is 12.2. The van der Waals surface area contributed by atoms with Crippen LogP contribution in [0.1, 0.15) is 12.5 Å². The number of nitriles is 1. The monoisotopic (exact) mass is 457 g/mol. The normalized spacial score (nSPS) is 12.1. The van der Waals surface area contributed by atoms with Crippen LogP contribution >= 0.6 is 27.5 Å². The lowest BCUT2D eigenvalue weighted by Gasteiger charge is -2.15. The van der Waals surface area contributed by atoms with Crippen molar-refractivity contribution in [1.82, 2.24) is 10.3 Å². The fraction of sp³-hybridized carbons (Fsp3) is 0.125. The van der Waals surface area contributed by atoms with Gasteiger partial charge in [0, 0.05) is 4.47 Å². The van der Waals surface area contributed by atoms with Crippen LogP contribution in [-0.4, -0.2) is 20.4 Å². The van der Waals surface area contributed by atoms with Gasteiger partial charge in [0.25, 0.3) is 15.9 Å². The van der Waals surface area contributed by atoms with Gasteiger partial charge in [-0.15, -0.1) is 4.83 Å². The predicted molar refractivity (Wildman–Crippen MR) is 98.9 cm³/mol. The van der Waals surface area contributed by atoms with Gasteiger partial charge in [0.15, 0.2) is 6.10 Å². The lowest BCUT2D eigenvalue weighted by atomic mass is 10.2. The van der Waals surface area contributed by atoms with Crippen LogP contribution in [0.4, 0.5) is 0 Å². The summed E-state index contributed by atoms with van der Waals surface area (Å²) >= 11 is 9.10. The molecule has 1 atom stereocenters.